The molecule has 1 N–H and O–H groups in total. The first-order valence-electron chi connectivity index (χ1n) is 7.99. The maximum atomic E-state index is 11.3. The summed E-state index contributed by atoms with van der Waals surface area (Å²) in [5, 5.41) is 19.5. The Morgan fingerprint density at radius 2 is 2.21 bits per heavy atom. The highest BCUT2D eigenvalue weighted by Crippen LogP contribution is 2.32. The molecular weight excluding hydrogens is 304 g/mol. The topological polar surface area (TPSA) is 80.5 Å². The van der Waals surface area contributed by atoms with Gasteiger partial charge in [0, 0.05) is 37.4 Å². The minimum atomic E-state index is -0.902. The van der Waals surface area contributed by atoms with Crippen molar-refractivity contribution in [3.63, 3.8) is 0 Å². The van der Waals surface area contributed by atoms with E-state index in [0.717, 1.165) is 24.0 Å². The predicted octanol–water partition coefficient (Wildman–Crippen LogP) is 2.93. The molecule has 6 nitrogen and oxygen atoms in total. The molecule has 1 amide bonds. The first-order chi connectivity index (χ1) is 11.5. The van der Waals surface area contributed by atoms with Crippen LogP contribution in [0.1, 0.15) is 18.9 Å². The van der Waals surface area contributed by atoms with Crippen molar-refractivity contribution in [3.8, 4) is 6.07 Å². The number of carboxylic acid groups (broad SMARTS) is 1. The van der Waals surface area contributed by atoms with Gasteiger partial charge in [0.25, 0.3) is 0 Å². The van der Waals surface area contributed by atoms with Crippen LogP contribution in [0.4, 0.5) is 10.5 Å². The molecule has 3 rings (SSSR count). The van der Waals surface area contributed by atoms with E-state index in [1.807, 2.05) is 18.2 Å². The zero-order chi connectivity index (χ0) is 17.3. The van der Waals surface area contributed by atoms with Crippen LogP contribution in [0.2, 0.25) is 0 Å². The van der Waals surface area contributed by atoms with Crippen LogP contribution in [-0.2, 0) is 0 Å². The summed E-state index contributed by atoms with van der Waals surface area (Å²) in [6, 6.07) is 9.70. The van der Waals surface area contributed by atoms with Crippen molar-refractivity contribution in [2.24, 2.45) is 5.92 Å². The summed E-state index contributed by atoms with van der Waals surface area (Å²) in [5.74, 6) is 0.382. The Bertz CT molecular complexity index is 814. The average molecular weight is 324 g/mol. The number of benzene rings is 1. The summed E-state index contributed by atoms with van der Waals surface area (Å²) in [4.78, 5) is 19.3. The van der Waals surface area contributed by atoms with Gasteiger partial charge in [-0.25, -0.2) is 4.79 Å². The van der Waals surface area contributed by atoms with Gasteiger partial charge in [0.2, 0.25) is 0 Å². The molecule has 2 unspecified atom stereocenters. The standard InChI is InChI=1S/C18H20N4O2/c1-12-8-14(21(2)18(23)24)11-22(10-12)16-6-5-13(9-19)17-15(16)4-3-7-20-17/h3-7,12,14H,8,10-11H2,1-2H3,(H,23,24). The quantitative estimate of drug-likeness (QED) is 0.918. The van der Waals surface area contributed by atoms with Gasteiger partial charge in [0.15, 0.2) is 0 Å². The number of nitrogens with zero attached hydrogens (tertiary/aromatic N) is 4. The Morgan fingerprint density at radius 1 is 1.42 bits per heavy atom. The lowest BCUT2D eigenvalue weighted by molar-refractivity contribution is 0.127. The normalized spacial score (nSPS) is 20.6. The minimum absolute atomic E-state index is 0.0476. The highest BCUT2D eigenvalue weighted by atomic mass is 16.4. The third-order valence-corrected chi connectivity index (χ3v) is 4.69. The number of hydrogen-bond donors (Lipinski definition) is 1. The van der Waals surface area contributed by atoms with E-state index in [1.165, 1.54) is 4.90 Å². The Hall–Kier alpha value is -2.81. The highest BCUT2D eigenvalue weighted by Gasteiger charge is 2.30. The zero-order valence-electron chi connectivity index (χ0n) is 13.8. The molecule has 1 fully saturated rings. The molecule has 1 aliphatic heterocycles. The largest absolute Gasteiger partial charge is 0.465 e. The molecule has 0 saturated carbocycles. The maximum absolute atomic E-state index is 11.3. The molecule has 2 aromatic rings. The van der Waals surface area contributed by atoms with Crippen LogP contribution in [-0.4, -0.2) is 47.3 Å². The Balaban J connectivity index is 2.01. The molecule has 24 heavy (non-hydrogen) atoms. The molecule has 2 atom stereocenters. The number of nitriles is 1. The van der Waals surface area contributed by atoms with Gasteiger partial charge in [-0.3, -0.25) is 4.98 Å². The van der Waals surface area contributed by atoms with E-state index in [0.29, 0.717) is 23.5 Å². The van der Waals surface area contributed by atoms with E-state index in [-0.39, 0.29) is 6.04 Å². The van der Waals surface area contributed by atoms with E-state index >= 15 is 0 Å². The fourth-order valence-corrected chi connectivity index (χ4v) is 3.48. The summed E-state index contributed by atoms with van der Waals surface area (Å²) in [5.41, 5.74) is 2.25. The number of pyridine rings is 1. The highest BCUT2D eigenvalue weighted by molar-refractivity contribution is 5.95. The van der Waals surface area contributed by atoms with Gasteiger partial charge in [-0.15, -0.1) is 0 Å². The molecule has 6 heteroatoms. The SMILES string of the molecule is CC1CC(N(C)C(=O)O)CN(c2ccc(C#N)c3ncccc23)C1. The lowest BCUT2D eigenvalue weighted by Gasteiger charge is -2.41. The smallest absolute Gasteiger partial charge is 0.407 e. The van der Waals surface area contributed by atoms with Gasteiger partial charge in [0.1, 0.15) is 6.07 Å². The Labute approximate surface area is 140 Å². The van der Waals surface area contributed by atoms with E-state index in [9.17, 15) is 15.2 Å². The molecule has 124 valence electrons. The summed E-state index contributed by atoms with van der Waals surface area (Å²) in [6.07, 6.45) is 1.64. The van der Waals surface area contributed by atoms with Crippen LogP contribution in [0.3, 0.4) is 0 Å². The van der Waals surface area contributed by atoms with Crippen LogP contribution in [0.15, 0.2) is 30.5 Å². The van der Waals surface area contributed by atoms with Crippen molar-refractivity contribution in [2.45, 2.75) is 19.4 Å². The number of anilines is 1. The van der Waals surface area contributed by atoms with Crippen molar-refractivity contribution in [3.05, 3.63) is 36.0 Å². The third-order valence-electron chi connectivity index (χ3n) is 4.69. The minimum Gasteiger partial charge on any atom is -0.465 e. The van der Waals surface area contributed by atoms with Gasteiger partial charge >= 0.3 is 6.09 Å². The van der Waals surface area contributed by atoms with Crippen molar-refractivity contribution in [1.82, 2.24) is 9.88 Å². The van der Waals surface area contributed by atoms with Crippen LogP contribution in [0.5, 0.6) is 0 Å². The van der Waals surface area contributed by atoms with E-state index in [1.54, 1.807) is 19.3 Å². The second-order valence-electron chi connectivity index (χ2n) is 6.44. The molecule has 0 bridgehead atoms. The molecule has 2 heterocycles. The number of amides is 1. The molecule has 1 saturated heterocycles. The molecular formula is C18H20N4O2. The van der Waals surface area contributed by atoms with Crippen molar-refractivity contribution in [2.75, 3.05) is 25.0 Å². The fourth-order valence-electron chi connectivity index (χ4n) is 3.48. The number of likely N-dealkylation sites (N-methyl/N-ethyl adjacent to an activating group) is 1. The van der Waals surface area contributed by atoms with Crippen LogP contribution < -0.4 is 4.90 Å². The van der Waals surface area contributed by atoms with E-state index in [2.05, 4.69) is 22.9 Å². The lowest BCUT2D eigenvalue weighted by Crippen LogP contribution is -2.50. The number of piperidine rings is 1. The third kappa shape index (κ3) is 2.85. The van der Waals surface area contributed by atoms with Gasteiger partial charge in [-0.05, 0) is 36.6 Å². The summed E-state index contributed by atoms with van der Waals surface area (Å²) < 4.78 is 0. The van der Waals surface area contributed by atoms with Crippen LogP contribution in [0, 0.1) is 17.2 Å². The first kappa shape index (κ1) is 16.1. The molecule has 1 aromatic heterocycles. The second-order valence-corrected chi connectivity index (χ2v) is 6.44. The van der Waals surface area contributed by atoms with E-state index < -0.39 is 6.09 Å². The number of aromatic nitrogens is 1. The first-order valence-corrected chi connectivity index (χ1v) is 7.99. The summed E-state index contributed by atoms with van der Waals surface area (Å²) in [6.45, 7) is 3.64. The maximum Gasteiger partial charge on any atom is 0.407 e. The molecule has 0 radical (unpaired) electrons. The van der Waals surface area contributed by atoms with Crippen molar-refractivity contribution >= 4 is 22.7 Å². The van der Waals surface area contributed by atoms with Gasteiger partial charge in [-0.1, -0.05) is 6.92 Å². The number of rotatable bonds is 2. The molecule has 0 spiro atoms. The zero-order valence-corrected chi connectivity index (χ0v) is 13.8. The van der Waals surface area contributed by atoms with Gasteiger partial charge in [-0.2, -0.15) is 5.26 Å². The van der Waals surface area contributed by atoms with Crippen LogP contribution >= 0.6 is 0 Å². The molecule has 1 aliphatic rings. The predicted molar refractivity (Wildman–Crippen MR) is 92.0 cm³/mol. The molecule has 0 aliphatic carbocycles. The molecule has 1 aromatic carbocycles. The van der Waals surface area contributed by atoms with E-state index in [4.69, 9.17) is 0 Å². The summed E-state index contributed by atoms with van der Waals surface area (Å²) in [7, 11) is 1.63. The monoisotopic (exact) mass is 324 g/mol. The Kier molecular flexibility index (Phi) is 4.26. The fraction of sp³-hybridized carbons (Fsp3) is 0.389. The average Bonchev–Trinajstić information content (AvgIpc) is 2.59. The number of carbonyl (C=O) groups is 1. The number of fused-ring (bicyclic) bond motifs is 1. The summed E-state index contributed by atoms with van der Waals surface area (Å²) >= 11 is 0. The van der Waals surface area contributed by atoms with Crippen molar-refractivity contribution in [1.29, 1.82) is 5.26 Å². The van der Waals surface area contributed by atoms with Gasteiger partial charge < -0.3 is 14.9 Å². The van der Waals surface area contributed by atoms with Gasteiger partial charge in [0.05, 0.1) is 17.1 Å². The second kappa shape index (κ2) is 6.36. The number of hydrogen-bond acceptors (Lipinski definition) is 4. The lowest BCUT2D eigenvalue weighted by atomic mass is 9.94. The van der Waals surface area contributed by atoms with Crippen LogP contribution in [0.25, 0.3) is 10.9 Å². The Morgan fingerprint density at radius 3 is 2.92 bits per heavy atom. The van der Waals surface area contributed by atoms with Crippen molar-refractivity contribution < 1.29 is 9.90 Å².